The van der Waals surface area contributed by atoms with Crippen molar-refractivity contribution in [1.82, 2.24) is 9.80 Å². The van der Waals surface area contributed by atoms with Gasteiger partial charge in [-0.05, 0) is 46.0 Å². The van der Waals surface area contributed by atoms with E-state index in [0.29, 0.717) is 23.2 Å². The van der Waals surface area contributed by atoms with Crippen molar-refractivity contribution in [3.05, 3.63) is 28.3 Å². The summed E-state index contributed by atoms with van der Waals surface area (Å²) in [4.78, 5) is 16.2. The minimum absolute atomic E-state index is 0.0664. The molecular weight excluding hydrogens is 288 g/mol. The molecule has 1 aromatic carbocycles. The van der Waals surface area contributed by atoms with E-state index >= 15 is 0 Å². The van der Waals surface area contributed by atoms with Crippen LogP contribution in [0.3, 0.4) is 0 Å². The van der Waals surface area contributed by atoms with Crippen molar-refractivity contribution >= 4 is 17.4 Å². The zero-order valence-electron chi connectivity index (χ0n) is 12.9. The Morgan fingerprint density at radius 1 is 1.43 bits per heavy atom. The first-order valence-electron chi connectivity index (χ1n) is 7.33. The summed E-state index contributed by atoms with van der Waals surface area (Å²) in [6.45, 7) is 7.31. The lowest BCUT2D eigenvalue weighted by Crippen LogP contribution is -2.37. The molecule has 116 valence electrons. The number of benzene rings is 1. The fraction of sp³-hybridized carbons (Fsp3) is 0.562. The van der Waals surface area contributed by atoms with E-state index < -0.39 is 0 Å². The molecule has 0 amide bonds. The van der Waals surface area contributed by atoms with Crippen LogP contribution in [0.15, 0.2) is 12.1 Å². The summed E-state index contributed by atoms with van der Waals surface area (Å²) >= 11 is 6.09. The van der Waals surface area contributed by atoms with Crippen LogP contribution in [-0.2, 0) is 6.54 Å². The number of rotatable bonds is 3. The Bertz CT molecular complexity index is 533. The molecule has 0 aromatic heterocycles. The highest BCUT2D eigenvalue weighted by molar-refractivity contribution is 6.31. The predicted octanol–water partition coefficient (Wildman–Crippen LogP) is 2.77. The second-order valence-electron chi connectivity index (χ2n) is 5.95. The quantitative estimate of drug-likeness (QED) is 0.872. The molecule has 1 unspecified atom stereocenters. The Hall–Kier alpha value is -1.10. The van der Waals surface area contributed by atoms with Gasteiger partial charge in [-0.2, -0.15) is 0 Å². The first-order valence-corrected chi connectivity index (χ1v) is 7.71. The summed E-state index contributed by atoms with van der Waals surface area (Å²) in [6.07, 6.45) is 1.10. The number of carbonyl (C=O) groups excluding carboxylic acids is 1. The zero-order chi connectivity index (χ0) is 15.6. The Balaban J connectivity index is 2.24. The van der Waals surface area contributed by atoms with Crippen molar-refractivity contribution < 1.29 is 9.90 Å². The van der Waals surface area contributed by atoms with Gasteiger partial charge in [-0.15, -0.1) is 0 Å². The molecular formula is C16H23ClN2O2. The molecule has 0 saturated carbocycles. The Morgan fingerprint density at radius 3 is 2.81 bits per heavy atom. The third kappa shape index (κ3) is 3.96. The lowest BCUT2D eigenvalue weighted by molar-refractivity contribution is 0.101. The molecule has 0 bridgehead atoms. The van der Waals surface area contributed by atoms with Crippen molar-refractivity contribution in [3.63, 3.8) is 0 Å². The van der Waals surface area contributed by atoms with E-state index in [1.54, 1.807) is 6.07 Å². The minimum atomic E-state index is -0.167. The maximum Gasteiger partial charge on any atom is 0.163 e. The van der Waals surface area contributed by atoms with Gasteiger partial charge in [0.25, 0.3) is 0 Å². The van der Waals surface area contributed by atoms with Gasteiger partial charge in [-0.1, -0.05) is 11.6 Å². The molecule has 5 heteroatoms. The van der Waals surface area contributed by atoms with Crippen LogP contribution in [0.25, 0.3) is 0 Å². The number of Topliss-reactive ketones (excluding diaryl/α,β-unsaturated/α-hetero) is 1. The summed E-state index contributed by atoms with van der Waals surface area (Å²) in [5.41, 5.74) is 1.03. The smallest absolute Gasteiger partial charge is 0.163 e. The van der Waals surface area contributed by atoms with E-state index in [0.717, 1.165) is 31.6 Å². The number of hydrogen-bond donors (Lipinski definition) is 1. The molecule has 1 aliphatic heterocycles. The fourth-order valence-corrected chi connectivity index (χ4v) is 3.16. The fourth-order valence-electron chi connectivity index (χ4n) is 2.92. The highest BCUT2D eigenvalue weighted by Crippen LogP contribution is 2.29. The van der Waals surface area contributed by atoms with Gasteiger partial charge >= 0.3 is 0 Å². The number of phenolic OH excluding ortho intramolecular Hbond substituents is 1. The number of carbonyl (C=O) groups is 1. The van der Waals surface area contributed by atoms with Gasteiger partial charge in [0.1, 0.15) is 5.75 Å². The second-order valence-corrected chi connectivity index (χ2v) is 6.39. The number of nitrogens with zero attached hydrogens (tertiary/aromatic N) is 2. The van der Waals surface area contributed by atoms with E-state index in [1.807, 2.05) is 0 Å². The topological polar surface area (TPSA) is 43.8 Å². The number of aromatic hydroxyl groups is 1. The first-order chi connectivity index (χ1) is 9.88. The Labute approximate surface area is 131 Å². The highest BCUT2D eigenvalue weighted by atomic mass is 35.5. The predicted molar refractivity (Wildman–Crippen MR) is 85.1 cm³/mol. The molecule has 1 aromatic rings. The molecule has 0 spiro atoms. The van der Waals surface area contributed by atoms with Gasteiger partial charge in [-0.3, -0.25) is 9.69 Å². The maximum atomic E-state index is 11.6. The summed E-state index contributed by atoms with van der Waals surface area (Å²) < 4.78 is 0. The molecule has 2 rings (SSSR count). The SMILES string of the molecule is CC(=O)c1cc(Cl)cc(CN2CCCN(C)CC2C)c1O. The summed E-state index contributed by atoms with van der Waals surface area (Å²) in [5.74, 6) is -0.100. The van der Waals surface area contributed by atoms with Crippen LogP contribution in [0, 0.1) is 0 Å². The third-order valence-corrected chi connectivity index (χ3v) is 4.31. The van der Waals surface area contributed by atoms with Gasteiger partial charge in [0.2, 0.25) is 0 Å². The van der Waals surface area contributed by atoms with Crippen LogP contribution in [0.5, 0.6) is 5.75 Å². The Kier molecular flexibility index (Phi) is 5.25. The third-order valence-electron chi connectivity index (χ3n) is 4.09. The zero-order valence-corrected chi connectivity index (χ0v) is 13.7. The lowest BCUT2D eigenvalue weighted by atomic mass is 10.0. The number of likely N-dealkylation sites (N-methyl/N-ethyl adjacent to an activating group) is 1. The van der Waals surface area contributed by atoms with Crippen molar-refractivity contribution in [2.75, 3.05) is 26.7 Å². The highest BCUT2D eigenvalue weighted by Gasteiger charge is 2.22. The van der Waals surface area contributed by atoms with Crippen LogP contribution < -0.4 is 0 Å². The number of ketones is 1. The van der Waals surface area contributed by atoms with E-state index in [2.05, 4.69) is 23.8 Å². The van der Waals surface area contributed by atoms with Gasteiger partial charge in [0.15, 0.2) is 5.78 Å². The van der Waals surface area contributed by atoms with Gasteiger partial charge < -0.3 is 10.0 Å². The summed E-state index contributed by atoms with van der Waals surface area (Å²) in [7, 11) is 2.13. The van der Waals surface area contributed by atoms with Gasteiger partial charge in [0, 0.05) is 36.3 Å². The van der Waals surface area contributed by atoms with Gasteiger partial charge in [0.05, 0.1) is 5.56 Å². The number of halogens is 1. The number of hydrogen-bond acceptors (Lipinski definition) is 4. The standard InChI is InChI=1S/C16H23ClN2O2/c1-11-9-18(3)5-4-6-19(11)10-13-7-14(17)8-15(12(2)20)16(13)21/h7-8,11,21H,4-6,9-10H2,1-3H3. The molecule has 0 aliphatic carbocycles. The normalized spacial score (nSPS) is 21.2. The van der Waals surface area contributed by atoms with Crippen LogP contribution in [-0.4, -0.2) is 53.4 Å². The van der Waals surface area contributed by atoms with Crippen molar-refractivity contribution in [1.29, 1.82) is 0 Å². The molecule has 1 saturated heterocycles. The minimum Gasteiger partial charge on any atom is -0.507 e. The molecule has 1 N–H and O–H groups in total. The summed E-state index contributed by atoms with van der Waals surface area (Å²) in [5, 5.41) is 10.8. The van der Waals surface area contributed by atoms with E-state index in [9.17, 15) is 9.90 Å². The summed E-state index contributed by atoms with van der Waals surface area (Å²) in [6, 6.07) is 3.68. The molecule has 4 nitrogen and oxygen atoms in total. The average Bonchev–Trinajstić information content (AvgIpc) is 2.55. The van der Waals surface area contributed by atoms with Crippen molar-refractivity contribution in [2.45, 2.75) is 32.9 Å². The first kappa shape index (κ1) is 16.3. The Morgan fingerprint density at radius 2 is 2.14 bits per heavy atom. The van der Waals surface area contributed by atoms with E-state index in [-0.39, 0.29) is 11.5 Å². The largest absolute Gasteiger partial charge is 0.507 e. The maximum absolute atomic E-state index is 11.6. The molecule has 1 heterocycles. The van der Waals surface area contributed by atoms with Crippen LogP contribution in [0.1, 0.15) is 36.2 Å². The average molecular weight is 311 g/mol. The molecule has 1 aliphatic rings. The van der Waals surface area contributed by atoms with Crippen LogP contribution in [0.2, 0.25) is 5.02 Å². The lowest BCUT2D eigenvalue weighted by Gasteiger charge is -2.28. The van der Waals surface area contributed by atoms with E-state index in [4.69, 9.17) is 11.6 Å². The van der Waals surface area contributed by atoms with E-state index in [1.165, 1.54) is 13.0 Å². The molecule has 21 heavy (non-hydrogen) atoms. The molecule has 0 radical (unpaired) electrons. The van der Waals surface area contributed by atoms with Gasteiger partial charge in [-0.25, -0.2) is 0 Å². The molecule has 1 atom stereocenters. The monoisotopic (exact) mass is 310 g/mol. The van der Waals surface area contributed by atoms with Crippen molar-refractivity contribution in [3.8, 4) is 5.75 Å². The molecule has 1 fully saturated rings. The number of phenols is 1. The van der Waals surface area contributed by atoms with Crippen molar-refractivity contribution in [2.24, 2.45) is 0 Å². The van der Waals surface area contributed by atoms with Crippen LogP contribution >= 0.6 is 11.6 Å². The second kappa shape index (κ2) is 6.77. The van der Waals surface area contributed by atoms with Crippen LogP contribution in [0.4, 0.5) is 0 Å².